The Morgan fingerprint density at radius 3 is 2.24 bits per heavy atom. The van der Waals surface area contributed by atoms with Gasteiger partial charge in [0, 0.05) is 0 Å². The lowest BCUT2D eigenvalue weighted by Crippen LogP contribution is -2.55. The zero-order chi connectivity index (χ0) is 13.1. The first-order valence-electron chi connectivity index (χ1n) is 4.99. The van der Waals surface area contributed by atoms with E-state index in [1.807, 2.05) is 0 Å². The van der Waals surface area contributed by atoms with Crippen molar-refractivity contribution in [1.29, 1.82) is 0 Å². The Labute approximate surface area is 97.9 Å². The zero-order valence-electron chi connectivity index (χ0n) is 9.02. The third-order valence-corrected chi connectivity index (χ3v) is 2.57. The number of benzene rings is 1. The molecule has 0 aromatic heterocycles. The van der Waals surface area contributed by atoms with Crippen molar-refractivity contribution >= 4 is 5.91 Å². The van der Waals surface area contributed by atoms with Gasteiger partial charge in [0.15, 0.2) is 5.60 Å². The lowest BCUT2D eigenvalue weighted by atomic mass is 9.85. The summed E-state index contributed by atoms with van der Waals surface area (Å²) in [6.45, 7) is -0.802. The standard InChI is InChI=1S/C11H15NO5/c12-10(16)11(17,9(15)8(14)6-13)7-4-2-1-3-5-7/h1-5,8-9,13-15,17H,6H2,(H2,12,16)/t8-,9-,11-/m1/s1. The van der Waals surface area contributed by atoms with Crippen LogP contribution in [0.4, 0.5) is 0 Å². The number of hydrogen-bond donors (Lipinski definition) is 5. The topological polar surface area (TPSA) is 124 Å². The van der Waals surface area contributed by atoms with Crippen molar-refractivity contribution in [2.75, 3.05) is 6.61 Å². The van der Waals surface area contributed by atoms with Gasteiger partial charge in [-0.2, -0.15) is 0 Å². The number of nitrogens with two attached hydrogens (primary N) is 1. The van der Waals surface area contributed by atoms with Crippen LogP contribution in [0.1, 0.15) is 5.56 Å². The Bertz CT molecular complexity index is 383. The average molecular weight is 241 g/mol. The number of amides is 1. The molecule has 0 saturated heterocycles. The molecule has 0 aliphatic carbocycles. The van der Waals surface area contributed by atoms with Crippen LogP contribution >= 0.6 is 0 Å². The molecule has 3 atom stereocenters. The van der Waals surface area contributed by atoms with E-state index in [0.717, 1.165) is 0 Å². The van der Waals surface area contributed by atoms with E-state index < -0.39 is 30.3 Å². The van der Waals surface area contributed by atoms with E-state index >= 15 is 0 Å². The molecule has 1 aromatic rings. The fraction of sp³-hybridized carbons (Fsp3) is 0.364. The van der Waals surface area contributed by atoms with E-state index in [0.29, 0.717) is 0 Å². The van der Waals surface area contributed by atoms with E-state index in [-0.39, 0.29) is 5.56 Å². The van der Waals surface area contributed by atoms with E-state index in [9.17, 15) is 20.1 Å². The van der Waals surface area contributed by atoms with Gasteiger partial charge in [0.1, 0.15) is 12.2 Å². The highest BCUT2D eigenvalue weighted by Gasteiger charge is 2.46. The van der Waals surface area contributed by atoms with Crippen LogP contribution in [0.3, 0.4) is 0 Å². The second kappa shape index (κ2) is 5.24. The molecule has 0 saturated carbocycles. The molecule has 1 aromatic carbocycles. The molecule has 0 spiro atoms. The molecule has 0 aliphatic heterocycles. The Morgan fingerprint density at radius 1 is 1.29 bits per heavy atom. The van der Waals surface area contributed by atoms with Gasteiger partial charge in [-0.3, -0.25) is 4.79 Å². The van der Waals surface area contributed by atoms with Crippen molar-refractivity contribution in [3.8, 4) is 0 Å². The second-order valence-electron chi connectivity index (χ2n) is 3.69. The van der Waals surface area contributed by atoms with E-state index in [4.69, 9.17) is 10.8 Å². The quantitative estimate of drug-likeness (QED) is 0.411. The van der Waals surface area contributed by atoms with Gasteiger partial charge >= 0.3 is 0 Å². The van der Waals surface area contributed by atoms with Gasteiger partial charge < -0.3 is 26.2 Å². The molecule has 0 unspecified atom stereocenters. The van der Waals surface area contributed by atoms with Gasteiger partial charge in [0.2, 0.25) is 0 Å². The van der Waals surface area contributed by atoms with E-state index in [1.54, 1.807) is 18.2 Å². The molecule has 6 N–H and O–H groups in total. The minimum absolute atomic E-state index is 0.0486. The highest BCUT2D eigenvalue weighted by atomic mass is 16.4. The van der Waals surface area contributed by atoms with Gasteiger partial charge in [-0.15, -0.1) is 0 Å². The first kappa shape index (κ1) is 13.6. The van der Waals surface area contributed by atoms with Crippen LogP contribution < -0.4 is 5.73 Å². The minimum atomic E-state index is -2.44. The number of hydrogen-bond acceptors (Lipinski definition) is 5. The summed E-state index contributed by atoms with van der Waals surface area (Å²) in [7, 11) is 0. The molecule has 1 rings (SSSR count). The number of rotatable bonds is 5. The summed E-state index contributed by atoms with van der Waals surface area (Å²) in [4.78, 5) is 11.3. The lowest BCUT2D eigenvalue weighted by molar-refractivity contribution is -0.167. The van der Waals surface area contributed by atoms with Gasteiger partial charge in [-0.25, -0.2) is 0 Å². The molecule has 0 fully saturated rings. The Morgan fingerprint density at radius 2 is 1.82 bits per heavy atom. The Balaban J connectivity index is 3.19. The number of aliphatic hydroxyl groups excluding tert-OH is 3. The molecule has 1 amide bonds. The number of carbonyl (C=O) groups excluding carboxylic acids is 1. The van der Waals surface area contributed by atoms with Crippen LogP contribution in [-0.2, 0) is 10.4 Å². The van der Waals surface area contributed by atoms with Crippen molar-refractivity contribution < 1.29 is 25.2 Å². The van der Waals surface area contributed by atoms with Crippen LogP contribution in [-0.4, -0.2) is 45.1 Å². The molecule has 0 bridgehead atoms. The molecule has 6 nitrogen and oxygen atoms in total. The summed E-state index contributed by atoms with van der Waals surface area (Å²) in [5.74, 6) is -1.20. The van der Waals surface area contributed by atoms with Gasteiger partial charge in [-0.05, 0) is 5.56 Å². The van der Waals surface area contributed by atoms with E-state index in [2.05, 4.69) is 0 Å². The maximum absolute atomic E-state index is 11.3. The van der Waals surface area contributed by atoms with Crippen molar-refractivity contribution in [3.05, 3.63) is 35.9 Å². The summed E-state index contributed by atoms with van der Waals surface area (Å²) in [5.41, 5.74) is 2.66. The predicted octanol–water partition coefficient (Wildman–Crippen LogP) is -1.93. The minimum Gasteiger partial charge on any atom is -0.394 e. The summed E-state index contributed by atoms with van der Waals surface area (Å²) in [6.07, 6.45) is -3.58. The van der Waals surface area contributed by atoms with Gasteiger partial charge in [0.25, 0.3) is 5.91 Å². The Kier molecular flexibility index (Phi) is 4.19. The monoisotopic (exact) mass is 241 g/mol. The molecular weight excluding hydrogens is 226 g/mol. The molecule has 94 valence electrons. The van der Waals surface area contributed by atoms with Gasteiger partial charge in [-0.1, -0.05) is 30.3 Å². The normalized spacial score (nSPS) is 18.1. The zero-order valence-corrected chi connectivity index (χ0v) is 9.02. The first-order valence-corrected chi connectivity index (χ1v) is 4.99. The maximum Gasteiger partial charge on any atom is 0.256 e. The highest BCUT2D eigenvalue weighted by molar-refractivity contribution is 5.85. The number of aliphatic hydroxyl groups is 4. The molecule has 6 heteroatoms. The molecule has 0 aliphatic rings. The van der Waals surface area contributed by atoms with Crippen LogP contribution in [0.2, 0.25) is 0 Å². The summed E-state index contributed by atoms with van der Waals surface area (Å²) < 4.78 is 0. The highest BCUT2D eigenvalue weighted by Crippen LogP contribution is 2.26. The van der Waals surface area contributed by atoms with Crippen LogP contribution in [0.15, 0.2) is 30.3 Å². The van der Waals surface area contributed by atoms with Crippen LogP contribution in [0.25, 0.3) is 0 Å². The van der Waals surface area contributed by atoms with Crippen LogP contribution in [0.5, 0.6) is 0 Å². The molecule has 0 radical (unpaired) electrons. The third kappa shape index (κ3) is 2.45. The number of carbonyl (C=O) groups is 1. The van der Waals surface area contributed by atoms with Crippen molar-refractivity contribution in [2.45, 2.75) is 17.8 Å². The third-order valence-electron chi connectivity index (χ3n) is 2.57. The summed E-state index contributed by atoms with van der Waals surface area (Å²) in [5, 5.41) is 37.9. The number of primary amides is 1. The molecule has 17 heavy (non-hydrogen) atoms. The van der Waals surface area contributed by atoms with E-state index in [1.165, 1.54) is 12.1 Å². The fourth-order valence-corrected chi connectivity index (χ4v) is 1.53. The van der Waals surface area contributed by atoms with Crippen molar-refractivity contribution in [2.24, 2.45) is 5.73 Å². The molecular formula is C11H15NO5. The summed E-state index contributed by atoms with van der Waals surface area (Å²) >= 11 is 0. The lowest BCUT2D eigenvalue weighted by Gasteiger charge is -2.32. The largest absolute Gasteiger partial charge is 0.394 e. The maximum atomic E-state index is 11.3. The second-order valence-corrected chi connectivity index (χ2v) is 3.69. The first-order chi connectivity index (χ1) is 7.94. The fourth-order valence-electron chi connectivity index (χ4n) is 1.53. The molecule has 0 heterocycles. The average Bonchev–Trinajstić information content (AvgIpc) is 2.36. The summed E-state index contributed by atoms with van der Waals surface area (Å²) in [6, 6.07) is 7.51. The smallest absolute Gasteiger partial charge is 0.256 e. The van der Waals surface area contributed by atoms with Crippen LogP contribution in [0, 0.1) is 0 Å². The predicted molar refractivity (Wildman–Crippen MR) is 58.6 cm³/mol. The SMILES string of the molecule is NC(=O)[C@@](O)(c1ccccc1)[C@H](O)[C@H](O)CO. The van der Waals surface area contributed by atoms with Crippen molar-refractivity contribution in [1.82, 2.24) is 0 Å². The Hall–Kier alpha value is -1.47. The van der Waals surface area contributed by atoms with Crippen molar-refractivity contribution in [3.63, 3.8) is 0 Å². The van der Waals surface area contributed by atoms with Gasteiger partial charge in [0.05, 0.1) is 6.61 Å².